The molecule has 106 valence electrons. The summed E-state index contributed by atoms with van der Waals surface area (Å²) in [6.45, 7) is 1.56. The molecule has 0 spiro atoms. The summed E-state index contributed by atoms with van der Waals surface area (Å²) in [6, 6.07) is 8.63. The number of aliphatic hydroxyl groups is 1. The van der Waals surface area contributed by atoms with Gasteiger partial charge in [0.05, 0.1) is 5.60 Å². The zero-order valence-electron chi connectivity index (χ0n) is 11.8. The summed E-state index contributed by atoms with van der Waals surface area (Å²) < 4.78 is 0. The van der Waals surface area contributed by atoms with Crippen molar-refractivity contribution in [1.82, 2.24) is 5.32 Å². The number of thioether (sulfide) groups is 1. The molecule has 2 N–H and O–H groups in total. The monoisotopic (exact) mass is 279 g/mol. The highest BCUT2D eigenvalue weighted by Gasteiger charge is 2.27. The van der Waals surface area contributed by atoms with Crippen molar-refractivity contribution in [3.8, 4) is 0 Å². The highest BCUT2D eigenvalue weighted by atomic mass is 32.2. The summed E-state index contributed by atoms with van der Waals surface area (Å²) in [6.07, 6.45) is 8.88. The number of benzene rings is 1. The first kappa shape index (κ1) is 14.9. The lowest BCUT2D eigenvalue weighted by Gasteiger charge is -2.27. The molecule has 0 bridgehead atoms. The Morgan fingerprint density at radius 3 is 2.32 bits per heavy atom. The lowest BCUT2D eigenvalue weighted by Crippen LogP contribution is -2.39. The van der Waals surface area contributed by atoms with Crippen LogP contribution in [0.25, 0.3) is 0 Å². The van der Waals surface area contributed by atoms with Crippen LogP contribution in [0, 0.1) is 0 Å². The minimum Gasteiger partial charge on any atom is -0.389 e. The van der Waals surface area contributed by atoms with Crippen molar-refractivity contribution in [2.24, 2.45) is 0 Å². The van der Waals surface area contributed by atoms with Crippen LogP contribution in [0.1, 0.15) is 44.1 Å². The topological polar surface area (TPSA) is 32.3 Å². The van der Waals surface area contributed by atoms with Crippen molar-refractivity contribution >= 4 is 11.8 Å². The molecule has 0 radical (unpaired) electrons. The van der Waals surface area contributed by atoms with Gasteiger partial charge < -0.3 is 10.4 Å². The number of hydrogen-bond donors (Lipinski definition) is 2. The third-order valence-corrected chi connectivity index (χ3v) is 4.72. The van der Waals surface area contributed by atoms with Gasteiger partial charge in [0.1, 0.15) is 0 Å². The van der Waals surface area contributed by atoms with Gasteiger partial charge in [-0.05, 0) is 36.8 Å². The second kappa shape index (κ2) is 7.32. The third-order valence-electron chi connectivity index (χ3n) is 3.98. The molecule has 0 amide bonds. The summed E-state index contributed by atoms with van der Waals surface area (Å²) in [5.41, 5.74) is 0.811. The molecule has 0 saturated heterocycles. The van der Waals surface area contributed by atoms with Gasteiger partial charge in [-0.3, -0.25) is 0 Å². The van der Waals surface area contributed by atoms with E-state index >= 15 is 0 Å². The molecule has 3 heteroatoms. The van der Waals surface area contributed by atoms with Gasteiger partial charge in [0, 0.05) is 18.0 Å². The van der Waals surface area contributed by atoms with Crippen LogP contribution in [0.4, 0.5) is 0 Å². The molecule has 1 aromatic rings. The van der Waals surface area contributed by atoms with E-state index in [0.29, 0.717) is 0 Å². The molecule has 19 heavy (non-hydrogen) atoms. The summed E-state index contributed by atoms with van der Waals surface area (Å²) >= 11 is 1.77. The van der Waals surface area contributed by atoms with Gasteiger partial charge in [0.15, 0.2) is 0 Å². The predicted octanol–water partition coefficient (Wildman–Crippen LogP) is 3.58. The highest BCUT2D eigenvalue weighted by molar-refractivity contribution is 7.98. The SMILES string of the molecule is CSc1ccc(CNCC2(O)CCCCCC2)cc1. The molecular formula is C16H25NOS. The first-order valence-corrected chi connectivity index (χ1v) is 8.50. The first-order chi connectivity index (χ1) is 9.22. The van der Waals surface area contributed by atoms with E-state index in [2.05, 4.69) is 35.8 Å². The van der Waals surface area contributed by atoms with Crippen molar-refractivity contribution in [3.05, 3.63) is 29.8 Å². The summed E-state index contributed by atoms with van der Waals surface area (Å²) in [5.74, 6) is 0. The zero-order valence-corrected chi connectivity index (χ0v) is 12.6. The molecule has 2 rings (SSSR count). The Labute approximate surface area is 121 Å². The van der Waals surface area contributed by atoms with E-state index in [1.807, 2.05) is 0 Å². The molecule has 1 aromatic carbocycles. The maximum absolute atomic E-state index is 10.5. The van der Waals surface area contributed by atoms with Crippen LogP contribution in [0.15, 0.2) is 29.2 Å². The van der Waals surface area contributed by atoms with Gasteiger partial charge in [-0.15, -0.1) is 11.8 Å². The standard InChI is InChI=1S/C16H25NOS/c1-19-15-8-6-14(7-9-15)12-17-13-16(18)10-4-2-3-5-11-16/h6-9,17-18H,2-5,10-13H2,1H3. The van der Waals surface area contributed by atoms with Crippen LogP contribution in [0.2, 0.25) is 0 Å². The number of nitrogens with one attached hydrogen (secondary N) is 1. The zero-order chi connectivity index (χ0) is 13.6. The molecular weight excluding hydrogens is 254 g/mol. The Hall–Kier alpha value is -0.510. The second-order valence-corrected chi connectivity index (χ2v) is 6.47. The van der Waals surface area contributed by atoms with Crippen LogP contribution in [-0.4, -0.2) is 23.5 Å². The van der Waals surface area contributed by atoms with Gasteiger partial charge >= 0.3 is 0 Å². The minimum atomic E-state index is -0.476. The predicted molar refractivity (Wildman–Crippen MR) is 82.6 cm³/mol. The molecule has 1 fully saturated rings. The Bertz CT molecular complexity index is 369. The van der Waals surface area contributed by atoms with E-state index in [1.165, 1.54) is 36.1 Å². The Morgan fingerprint density at radius 1 is 1.11 bits per heavy atom. The maximum atomic E-state index is 10.5. The fraction of sp³-hybridized carbons (Fsp3) is 0.625. The quantitative estimate of drug-likeness (QED) is 0.638. The van der Waals surface area contributed by atoms with Crippen molar-refractivity contribution < 1.29 is 5.11 Å². The molecule has 1 aliphatic carbocycles. The molecule has 0 unspecified atom stereocenters. The molecule has 2 nitrogen and oxygen atoms in total. The lowest BCUT2D eigenvalue weighted by atomic mass is 9.94. The Morgan fingerprint density at radius 2 is 1.74 bits per heavy atom. The Kier molecular flexibility index (Phi) is 5.74. The van der Waals surface area contributed by atoms with Gasteiger partial charge in [-0.1, -0.05) is 37.8 Å². The van der Waals surface area contributed by atoms with E-state index in [0.717, 1.165) is 25.9 Å². The number of rotatable bonds is 5. The Balaban J connectivity index is 1.78. The number of hydrogen-bond acceptors (Lipinski definition) is 3. The normalized spacial score (nSPS) is 19.1. The smallest absolute Gasteiger partial charge is 0.0771 e. The van der Waals surface area contributed by atoms with Gasteiger partial charge in [-0.2, -0.15) is 0 Å². The minimum absolute atomic E-state index is 0.476. The third kappa shape index (κ3) is 4.83. The van der Waals surface area contributed by atoms with Crippen LogP contribution < -0.4 is 5.32 Å². The molecule has 0 atom stereocenters. The van der Waals surface area contributed by atoms with E-state index in [-0.39, 0.29) is 0 Å². The average Bonchev–Trinajstić information content (AvgIpc) is 2.65. The van der Waals surface area contributed by atoms with Crippen LogP contribution >= 0.6 is 11.8 Å². The fourth-order valence-electron chi connectivity index (χ4n) is 2.75. The largest absolute Gasteiger partial charge is 0.389 e. The van der Waals surface area contributed by atoms with E-state index < -0.39 is 5.60 Å². The average molecular weight is 279 g/mol. The van der Waals surface area contributed by atoms with Gasteiger partial charge in [-0.25, -0.2) is 0 Å². The van der Waals surface area contributed by atoms with Crippen LogP contribution in [0.3, 0.4) is 0 Å². The van der Waals surface area contributed by atoms with Gasteiger partial charge in [0.25, 0.3) is 0 Å². The van der Waals surface area contributed by atoms with Crippen molar-refractivity contribution in [2.75, 3.05) is 12.8 Å². The van der Waals surface area contributed by atoms with Crippen LogP contribution in [-0.2, 0) is 6.54 Å². The van der Waals surface area contributed by atoms with E-state index in [1.54, 1.807) is 11.8 Å². The molecule has 0 aromatic heterocycles. The molecule has 0 aliphatic heterocycles. The molecule has 1 aliphatic rings. The van der Waals surface area contributed by atoms with Crippen LogP contribution in [0.5, 0.6) is 0 Å². The summed E-state index contributed by atoms with van der Waals surface area (Å²) in [5, 5.41) is 14.0. The van der Waals surface area contributed by atoms with Gasteiger partial charge in [0.2, 0.25) is 0 Å². The lowest BCUT2D eigenvalue weighted by molar-refractivity contribution is 0.0250. The molecule has 0 heterocycles. The highest BCUT2D eigenvalue weighted by Crippen LogP contribution is 2.26. The first-order valence-electron chi connectivity index (χ1n) is 7.28. The fourth-order valence-corrected chi connectivity index (χ4v) is 3.15. The summed E-state index contributed by atoms with van der Waals surface area (Å²) in [4.78, 5) is 1.30. The second-order valence-electron chi connectivity index (χ2n) is 5.59. The summed E-state index contributed by atoms with van der Waals surface area (Å²) in [7, 11) is 0. The maximum Gasteiger partial charge on any atom is 0.0771 e. The van der Waals surface area contributed by atoms with Crippen molar-refractivity contribution in [3.63, 3.8) is 0 Å². The van der Waals surface area contributed by atoms with Crippen molar-refractivity contribution in [2.45, 2.75) is 55.6 Å². The van der Waals surface area contributed by atoms with E-state index in [4.69, 9.17) is 0 Å². The van der Waals surface area contributed by atoms with Crippen molar-refractivity contribution in [1.29, 1.82) is 0 Å². The molecule has 1 saturated carbocycles. The van der Waals surface area contributed by atoms with E-state index in [9.17, 15) is 5.11 Å².